The van der Waals surface area contributed by atoms with Crippen LogP contribution in [0.25, 0.3) is 0 Å². The monoisotopic (exact) mass is 921 g/mol. The third-order valence-electron chi connectivity index (χ3n) is 12.1. The normalized spacial score (nSPS) is 14.4. The predicted octanol–water partition coefficient (Wildman–Crippen LogP) is 15.3. The summed E-state index contributed by atoms with van der Waals surface area (Å²) >= 11 is 0. The minimum atomic E-state index is -4.58. The van der Waals surface area contributed by atoms with Gasteiger partial charge in [0.05, 0.1) is 39.9 Å². The number of hydrogen-bond acceptors (Lipinski definition) is 6. The molecule has 1 amide bonds. The quantitative estimate of drug-likeness (QED) is 0.0272. The smallest absolute Gasteiger partial charge is 0.268 e. The highest BCUT2D eigenvalue weighted by Gasteiger charge is 2.24. The van der Waals surface area contributed by atoms with E-state index in [2.05, 4.69) is 67.8 Å². The number of carbonyl (C=O) groups is 1. The van der Waals surface area contributed by atoms with Gasteiger partial charge in [-0.15, -0.1) is 0 Å². The zero-order chi connectivity index (χ0) is 47.1. The van der Waals surface area contributed by atoms with Crippen molar-refractivity contribution in [3.63, 3.8) is 0 Å². The summed E-state index contributed by atoms with van der Waals surface area (Å²) in [5.74, 6) is -0.204. The molecule has 0 fully saturated rings. The summed E-state index contributed by atoms with van der Waals surface area (Å²) in [4.78, 5) is 25.4. The second-order valence-corrected chi connectivity index (χ2v) is 21.0. The summed E-state index contributed by atoms with van der Waals surface area (Å²) in [5.41, 5.74) is 0. The molecule has 2 N–H and O–H groups in total. The first-order valence-electron chi connectivity index (χ1n) is 27.0. The fraction of sp³-hybridized carbons (Fsp3) is 0.836. The summed E-state index contributed by atoms with van der Waals surface area (Å²) < 4.78 is 23.3. The number of phosphoric acid groups is 1. The molecule has 0 bridgehead atoms. The Balaban J connectivity index is 4.17. The Labute approximate surface area is 397 Å². The van der Waals surface area contributed by atoms with Crippen LogP contribution in [0.5, 0.6) is 0 Å². The first kappa shape index (κ1) is 62.5. The van der Waals surface area contributed by atoms with Crippen LogP contribution in [0, 0.1) is 0 Å². The molecule has 0 aromatic heterocycles. The Kier molecular flexibility index (Phi) is 45.4. The fourth-order valence-electron chi connectivity index (χ4n) is 7.86. The number of carbonyl (C=O) groups excluding carboxylic acids is 1. The second-order valence-electron chi connectivity index (χ2n) is 19.6. The number of rotatable bonds is 49. The minimum Gasteiger partial charge on any atom is -0.756 e. The lowest BCUT2D eigenvalue weighted by Gasteiger charge is -2.30. The lowest BCUT2D eigenvalue weighted by Crippen LogP contribution is -2.46. The van der Waals surface area contributed by atoms with E-state index < -0.39 is 20.0 Å². The van der Waals surface area contributed by atoms with Gasteiger partial charge in [-0.05, 0) is 51.4 Å². The van der Waals surface area contributed by atoms with Crippen molar-refractivity contribution in [2.45, 2.75) is 257 Å². The molecule has 0 aliphatic rings. The van der Waals surface area contributed by atoms with E-state index in [1.54, 1.807) is 0 Å². The van der Waals surface area contributed by atoms with Crippen LogP contribution in [-0.4, -0.2) is 68.5 Å². The minimum absolute atomic E-state index is 0.00272. The van der Waals surface area contributed by atoms with E-state index in [1.165, 1.54) is 154 Å². The molecule has 8 nitrogen and oxygen atoms in total. The number of aliphatic hydroxyl groups excluding tert-OH is 1. The number of hydrogen-bond donors (Lipinski definition) is 2. The summed E-state index contributed by atoms with van der Waals surface area (Å²) in [7, 11) is 1.28. The van der Waals surface area contributed by atoms with Gasteiger partial charge in [-0.1, -0.05) is 236 Å². The van der Waals surface area contributed by atoms with Gasteiger partial charge in [-0.25, -0.2) is 0 Å². The highest BCUT2D eigenvalue weighted by atomic mass is 31.2. The highest BCUT2D eigenvalue weighted by molar-refractivity contribution is 7.45. The largest absolute Gasteiger partial charge is 0.756 e. The van der Waals surface area contributed by atoms with Crippen LogP contribution in [-0.2, 0) is 18.4 Å². The van der Waals surface area contributed by atoms with E-state index in [0.29, 0.717) is 30.3 Å². The molecule has 64 heavy (non-hydrogen) atoms. The van der Waals surface area contributed by atoms with Gasteiger partial charge in [0.25, 0.3) is 7.82 Å². The van der Waals surface area contributed by atoms with Crippen molar-refractivity contribution < 1.29 is 32.9 Å². The number of nitrogens with one attached hydrogen (secondary N) is 1. The third kappa shape index (κ3) is 48.4. The molecule has 0 aliphatic carbocycles. The van der Waals surface area contributed by atoms with E-state index in [0.717, 1.165) is 57.8 Å². The zero-order valence-corrected chi connectivity index (χ0v) is 43.6. The van der Waals surface area contributed by atoms with E-state index >= 15 is 0 Å². The topological polar surface area (TPSA) is 108 Å². The lowest BCUT2D eigenvalue weighted by atomic mass is 10.0. The molecule has 0 radical (unpaired) electrons. The molecule has 0 aromatic rings. The maximum absolute atomic E-state index is 12.9. The van der Waals surface area contributed by atoms with Crippen LogP contribution in [0.15, 0.2) is 48.6 Å². The van der Waals surface area contributed by atoms with Crippen molar-refractivity contribution in [2.75, 3.05) is 40.9 Å². The summed E-state index contributed by atoms with van der Waals surface area (Å²) in [6.45, 7) is 4.59. The number of phosphoric ester groups is 1. The van der Waals surface area contributed by atoms with Crippen molar-refractivity contribution in [3.05, 3.63) is 48.6 Å². The Morgan fingerprint density at radius 2 is 0.953 bits per heavy atom. The molecule has 0 aliphatic heterocycles. The van der Waals surface area contributed by atoms with Crippen molar-refractivity contribution in [2.24, 2.45) is 0 Å². The molecule has 3 unspecified atom stereocenters. The average Bonchev–Trinajstić information content (AvgIpc) is 3.25. The number of likely N-dealkylation sites (N-methyl/N-ethyl adjacent to an activating group) is 1. The number of unbranched alkanes of at least 4 members (excludes halogenated alkanes) is 28. The van der Waals surface area contributed by atoms with E-state index in [4.69, 9.17) is 9.05 Å². The Morgan fingerprint density at radius 3 is 1.36 bits per heavy atom. The molecule has 0 heterocycles. The van der Waals surface area contributed by atoms with Crippen LogP contribution in [0.3, 0.4) is 0 Å². The predicted molar refractivity (Wildman–Crippen MR) is 274 cm³/mol. The number of nitrogens with zero attached hydrogens (tertiary/aromatic N) is 1. The summed E-state index contributed by atoms with van der Waals surface area (Å²) in [5, 5.41) is 14.0. The summed E-state index contributed by atoms with van der Waals surface area (Å²) in [6, 6.07) is -0.824. The Hall–Kier alpha value is -1.54. The first-order chi connectivity index (χ1) is 31.0. The van der Waals surface area contributed by atoms with Gasteiger partial charge in [-0.3, -0.25) is 9.36 Å². The second kappa shape index (κ2) is 46.6. The average molecular weight is 921 g/mol. The van der Waals surface area contributed by atoms with Crippen molar-refractivity contribution in [1.82, 2.24) is 5.32 Å². The molecule has 0 aromatic carbocycles. The van der Waals surface area contributed by atoms with Gasteiger partial charge in [-0.2, -0.15) is 0 Å². The Morgan fingerprint density at radius 1 is 0.562 bits per heavy atom. The molecular formula is C55H105N2O6P. The lowest BCUT2D eigenvalue weighted by molar-refractivity contribution is -0.870. The van der Waals surface area contributed by atoms with Crippen LogP contribution in [0.2, 0.25) is 0 Å². The van der Waals surface area contributed by atoms with Gasteiger partial charge < -0.3 is 28.8 Å². The van der Waals surface area contributed by atoms with Crippen LogP contribution in [0.1, 0.15) is 245 Å². The SMILES string of the molecule is CC/C=C\C/C=C\C/C=C\C/C=C\CCCCC(=O)NC(COP(=O)([O-])OCC[N+](C)(C)C)C(O)CCCCCCCCCCCCCCCCCCCCCCCCCCCCC. The van der Waals surface area contributed by atoms with Crippen molar-refractivity contribution >= 4 is 13.7 Å². The number of aliphatic hydroxyl groups is 1. The molecule has 0 rings (SSSR count). The molecule has 9 heteroatoms. The van der Waals surface area contributed by atoms with E-state index in [9.17, 15) is 19.4 Å². The van der Waals surface area contributed by atoms with E-state index in [1.807, 2.05) is 21.1 Å². The maximum atomic E-state index is 12.9. The van der Waals surface area contributed by atoms with Crippen molar-refractivity contribution in [3.8, 4) is 0 Å². The molecule has 3 atom stereocenters. The van der Waals surface area contributed by atoms with Crippen molar-refractivity contribution in [1.29, 1.82) is 0 Å². The molecule has 0 saturated heterocycles. The molecule has 0 saturated carbocycles. The highest BCUT2D eigenvalue weighted by Crippen LogP contribution is 2.38. The van der Waals surface area contributed by atoms with Gasteiger partial charge in [0.15, 0.2) is 0 Å². The van der Waals surface area contributed by atoms with Crippen LogP contribution in [0.4, 0.5) is 0 Å². The zero-order valence-electron chi connectivity index (χ0n) is 42.7. The molecule has 0 spiro atoms. The van der Waals surface area contributed by atoms with Gasteiger partial charge in [0.1, 0.15) is 13.2 Å². The number of allylic oxidation sites excluding steroid dienone is 8. The third-order valence-corrected chi connectivity index (χ3v) is 13.0. The fourth-order valence-corrected chi connectivity index (χ4v) is 8.58. The van der Waals surface area contributed by atoms with Gasteiger partial charge in [0, 0.05) is 6.42 Å². The van der Waals surface area contributed by atoms with E-state index in [-0.39, 0.29) is 19.1 Å². The standard InChI is InChI=1S/C55H105N2O6P/c1-6-8-10-12-14-16-18-20-22-23-24-25-26-27-28-29-30-31-32-33-35-36-38-40-42-44-46-48-54(58)53(52-63-64(60,61)62-51-50-57(3,4)5)56-55(59)49-47-45-43-41-39-37-34-21-19-17-15-13-11-9-7-2/h9,11,15,17,21,34,39,41,53-54,58H,6-8,10,12-14,16,18-20,22-33,35-38,40,42-52H2,1-5H3,(H-,56,59,60,61)/b11-9-,17-15-,34-21-,41-39-. The van der Waals surface area contributed by atoms with Crippen LogP contribution < -0.4 is 10.2 Å². The molecular weight excluding hydrogens is 816 g/mol. The molecule has 376 valence electrons. The maximum Gasteiger partial charge on any atom is 0.268 e. The number of quaternary nitrogens is 1. The van der Waals surface area contributed by atoms with Crippen LogP contribution >= 0.6 is 7.82 Å². The summed E-state index contributed by atoms with van der Waals surface area (Å²) in [6.07, 6.45) is 60.1. The number of amides is 1. The Bertz CT molecular complexity index is 1180. The first-order valence-corrected chi connectivity index (χ1v) is 28.4. The van der Waals surface area contributed by atoms with Gasteiger partial charge >= 0.3 is 0 Å². The van der Waals surface area contributed by atoms with Gasteiger partial charge in [0.2, 0.25) is 5.91 Å².